The molecule has 3 aromatic heterocycles. The topological polar surface area (TPSA) is 61.4 Å². The van der Waals surface area contributed by atoms with Gasteiger partial charge in [0.25, 0.3) is 0 Å². The van der Waals surface area contributed by atoms with Crippen molar-refractivity contribution < 1.29 is 0 Å². The molecule has 0 spiro atoms. The lowest BCUT2D eigenvalue weighted by atomic mass is 10.2. The molecule has 5 rings (SSSR count). The summed E-state index contributed by atoms with van der Waals surface area (Å²) in [6.07, 6.45) is 3.54. The number of hydrogen-bond donors (Lipinski definition) is 0. The molecule has 0 aliphatic carbocycles. The van der Waals surface area contributed by atoms with Gasteiger partial charge >= 0.3 is 0 Å². The Morgan fingerprint density at radius 1 is 0.879 bits per heavy atom. The number of aryl methyl sites for hydroxylation is 1. The molecule has 0 fully saturated rings. The normalized spacial score (nSPS) is 11.1. The van der Waals surface area contributed by atoms with E-state index >= 15 is 0 Å². The van der Waals surface area contributed by atoms with Gasteiger partial charge in [-0.25, -0.2) is 4.68 Å². The van der Waals surface area contributed by atoms with Crippen LogP contribution in [0, 0.1) is 6.92 Å². The Balaban J connectivity index is 1.46. The number of thioether (sulfide) groups is 1. The van der Waals surface area contributed by atoms with E-state index in [1.807, 2.05) is 67.6 Å². The number of nitrogens with zero attached hydrogens (tertiary/aromatic N) is 6. The molecule has 33 heavy (non-hydrogen) atoms. The Kier molecular flexibility index (Phi) is 6.24. The number of rotatable bonds is 7. The third-order valence-corrected chi connectivity index (χ3v) is 6.69. The highest BCUT2D eigenvalue weighted by Gasteiger charge is 2.19. The van der Waals surface area contributed by atoms with Crippen molar-refractivity contribution in [3.05, 3.63) is 107 Å². The highest BCUT2D eigenvalue weighted by Crippen LogP contribution is 2.32. The van der Waals surface area contributed by atoms with E-state index < -0.39 is 0 Å². The monoisotopic (exact) mass is 472 g/mol. The van der Waals surface area contributed by atoms with Crippen molar-refractivity contribution >= 4 is 23.4 Å². The molecule has 8 heteroatoms. The zero-order valence-corrected chi connectivity index (χ0v) is 19.5. The lowest BCUT2D eigenvalue weighted by Gasteiger charge is -2.10. The molecule has 0 unspecified atom stereocenters. The predicted octanol–water partition coefficient (Wildman–Crippen LogP) is 5.83. The first-order chi connectivity index (χ1) is 16.2. The molecule has 0 saturated heterocycles. The maximum Gasteiger partial charge on any atom is 0.192 e. The maximum atomic E-state index is 6.74. The lowest BCUT2D eigenvalue weighted by molar-refractivity contribution is 0.714. The highest BCUT2D eigenvalue weighted by molar-refractivity contribution is 7.98. The molecule has 3 heterocycles. The Labute approximate surface area is 201 Å². The second-order valence-electron chi connectivity index (χ2n) is 7.50. The molecule has 0 amide bonds. The average molecular weight is 473 g/mol. The van der Waals surface area contributed by atoms with Gasteiger partial charge in [-0.05, 0) is 36.8 Å². The second kappa shape index (κ2) is 9.60. The van der Waals surface area contributed by atoms with Gasteiger partial charge in [-0.2, -0.15) is 5.10 Å². The molecule has 164 valence electrons. The molecule has 0 N–H and O–H groups in total. The third kappa shape index (κ3) is 4.55. The maximum absolute atomic E-state index is 6.74. The lowest BCUT2D eigenvalue weighted by Crippen LogP contribution is -2.04. The van der Waals surface area contributed by atoms with Crippen molar-refractivity contribution in [1.82, 2.24) is 29.5 Å². The number of para-hydroxylation sites is 1. The minimum Gasteiger partial charge on any atom is -0.298 e. The van der Waals surface area contributed by atoms with E-state index in [1.165, 1.54) is 5.56 Å². The summed E-state index contributed by atoms with van der Waals surface area (Å²) < 4.78 is 3.92. The molecule has 2 aromatic carbocycles. The van der Waals surface area contributed by atoms with Gasteiger partial charge < -0.3 is 0 Å². The van der Waals surface area contributed by atoms with Gasteiger partial charge in [-0.3, -0.25) is 9.55 Å². The molecule has 0 saturated carbocycles. The van der Waals surface area contributed by atoms with Gasteiger partial charge in [0.15, 0.2) is 11.0 Å². The van der Waals surface area contributed by atoms with Crippen molar-refractivity contribution in [3.8, 4) is 17.1 Å². The van der Waals surface area contributed by atoms with Crippen molar-refractivity contribution in [3.63, 3.8) is 0 Å². The molecule has 0 atom stereocenters. The Bertz CT molecular complexity index is 1350. The SMILES string of the molecule is Cc1nn(-c2ccccc2)c(Cl)c1CSc1nnc(-c2ccncc2)n1Cc1ccccc1. The minimum atomic E-state index is 0.620. The summed E-state index contributed by atoms with van der Waals surface area (Å²) in [5.74, 6) is 1.45. The van der Waals surface area contributed by atoms with E-state index in [2.05, 4.69) is 37.0 Å². The van der Waals surface area contributed by atoms with Crippen LogP contribution < -0.4 is 0 Å². The summed E-state index contributed by atoms with van der Waals surface area (Å²) >= 11 is 8.35. The molecular formula is C25H21ClN6S. The molecular weight excluding hydrogens is 452 g/mol. The van der Waals surface area contributed by atoms with E-state index in [9.17, 15) is 0 Å². The average Bonchev–Trinajstić information content (AvgIpc) is 3.39. The molecule has 0 aliphatic heterocycles. The van der Waals surface area contributed by atoms with Crippen molar-refractivity contribution in [2.24, 2.45) is 0 Å². The summed E-state index contributed by atoms with van der Waals surface area (Å²) in [5, 5.41) is 15.1. The van der Waals surface area contributed by atoms with Crippen LogP contribution in [0.1, 0.15) is 16.8 Å². The van der Waals surface area contributed by atoms with Gasteiger partial charge in [0, 0.05) is 29.3 Å². The molecule has 0 aliphatic rings. The number of aromatic nitrogens is 6. The molecule has 0 radical (unpaired) electrons. The van der Waals surface area contributed by atoms with E-state index in [1.54, 1.807) is 28.8 Å². The fourth-order valence-corrected chi connectivity index (χ4v) is 5.03. The molecule has 0 bridgehead atoms. The van der Waals surface area contributed by atoms with E-state index in [4.69, 9.17) is 11.6 Å². The number of hydrogen-bond acceptors (Lipinski definition) is 5. The van der Waals surface area contributed by atoms with Crippen LogP contribution >= 0.6 is 23.4 Å². The predicted molar refractivity (Wildman–Crippen MR) is 132 cm³/mol. The molecule has 6 nitrogen and oxygen atoms in total. The van der Waals surface area contributed by atoms with Gasteiger partial charge in [-0.1, -0.05) is 71.9 Å². The Morgan fingerprint density at radius 3 is 2.30 bits per heavy atom. The smallest absolute Gasteiger partial charge is 0.192 e. The van der Waals surface area contributed by atoms with Gasteiger partial charge in [0.2, 0.25) is 0 Å². The van der Waals surface area contributed by atoms with Crippen molar-refractivity contribution in [2.75, 3.05) is 0 Å². The summed E-state index contributed by atoms with van der Waals surface area (Å²) in [4.78, 5) is 4.13. The summed E-state index contributed by atoms with van der Waals surface area (Å²) in [6.45, 7) is 2.65. The zero-order valence-electron chi connectivity index (χ0n) is 18.0. The number of benzene rings is 2. The van der Waals surface area contributed by atoms with Gasteiger partial charge in [-0.15, -0.1) is 10.2 Å². The minimum absolute atomic E-state index is 0.620. The summed E-state index contributed by atoms with van der Waals surface area (Å²) in [6, 6.07) is 24.1. The van der Waals surface area contributed by atoms with Crippen LogP contribution in [0.2, 0.25) is 5.15 Å². The van der Waals surface area contributed by atoms with Crippen LogP contribution in [0.3, 0.4) is 0 Å². The van der Waals surface area contributed by atoms with Crippen LogP contribution in [0.25, 0.3) is 17.1 Å². The van der Waals surface area contributed by atoms with Crippen LogP contribution in [0.15, 0.2) is 90.3 Å². The number of pyridine rings is 1. The van der Waals surface area contributed by atoms with Crippen LogP contribution in [-0.2, 0) is 12.3 Å². The fraction of sp³-hybridized carbons (Fsp3) is 0.120. The van der Waals surface area contributed by atoms with Crippen molar-refractivity contribution in [2.45, 2.75) is 24.4 Å². The summed E-state index contributed by atoms with van der Waals surface area (Å²) in [5.41, 5.74) is 4.99. The largest absolute Gasteiger partial charge is 0.298 e. The van der Waals surface area contributed by atoms with Crippen LogP contribution in [0.5, 0.6) is 0 Å². The summed E-state index contributed by atoms with van der Waals surface area (Å²) in [7, 11) is 0. The third-order valence-electron chi connectivity index (χ3n) is 5.31. The first kappa shape index (κ1) is 21.4. The Morgan fingerprint density at radius 2 is 1.58 bits per heavy atom. The number of halogens is 1. The Hall–Kier alpha value is -3.42. The van der Waals surface area contributed by atoms with Gasteiger partial charge in [0.1, 0.15) is 5.15 Å². The van der Waals surface area contributed by atoms with Crippen molar-refractivity contribution in [1.29, 1.82) is 0 Å². The van der Waals surface area contributed by atoms with Crippen LogP contribution in [-0.4, -0.2) is 29.5 Å². The van der Waals surface area contributed by atoms with Crippen LogP contribution in [0.4, 0.5) is 0 Å². The zero-order chi connectivity index (χ0) is 22.6. The standard InChI is InChI=1S/C25H21ClN6S/c1-18-22(23(26)32(30-18)21-10-6-3-7-11-21)17-33-25-29-28-24(20-12-14-27-15-13-20)31(25)16-19-8-4-2-5-9-19/h2-15H,16-17H2,1H3. The molecule has 5 aromatic rings. The second-order valence-corrected chi connectivity index (χ2v) is 8.81. The highest BCUT2D eigenvalue weighted by atomic mass is 35.5. The first-order valence-electron chi connectivity index (χ1n) is 10.5. The van der Waals surface area contributed by atoms with E-state index in [0.29, 0.717) is 17.5 Å². The quantitative estimate of drug-likeness (QED) is 0.279. The van der Waals surface area contributed by atoms with E-state index in [-0.39, 0.29) is 0 Å². The first-order valence-corrected chi connectivity index (χ1v) is 11.9. The fourth-order valence-electron chi connectivity index (χ4n) is 3.59. The van der Waals surface area contributed by atoms with E-state index in [0.717, 1.165) is 33.5 Å². The van der Waals surface area contributed by atoms with Gasteiger partial charge in [0.05, 0.1) is 17.9 Å².